The Balaban J connectivity index is 2.18. The van der Waals surface area contributed by atoms with E-state index in [1.807, 2.05) is 6.07 Å². The second kappa shape index (κ2) is 2.55. The maximum atomic E-state index is 9.98. The summed E-state index contributed by atoms with van der Waals surface area (Å²) >= 11 is 5.93. The summed E-state index contributed by atoms with van der Waals surface area (Å²) < 4.78 is 10.5. The van der Waals surface area contributed by atoms with E-state index < -0.39 is 5.60 Å². The zero-order valence-electron chi connectivity index (χ0n) is 7.42. The molecule has 1 aliphatic carbocycles. The summed E-state index contributed by atoms with van der Waals surface area (Å²) in [4.78, 5) is 0. The van der Waals surface area contributed by atoms with Crippen molar-refractivity contribution in [2.75, 3.05) is 6.79 Å². The average Bonchev–Trinajstić information content (AvgIpc) is 2.74. The van der Waals surface area contributed by atoms with Crippen LogP contribution in [0.1, 0.15) is 18.4 Å². The van der Waals surface area contributed by atoms with Gasteiger partial charge in [-0.15, -0.1) is 0 Å². The minimum atomic E-state index is -0.706. The number of benzene rings is 1. The van der Waals surface area contributed by atoms with Gasteiger partial charge in [0.05, 0.1) is 10.6 Å². The van der Waals surface area contributed by atoms with E-state index in [0.717, 1.165) is 18.4 Å². The normalized spacial score (nSPS) is 21.0. The minimum Gasteiger partial charge on any atom is -0.453 e. The molecule has 0 saturated heterocycles. The lowest BCUT2D eigenvalue weighted by Gasteiger charge is -2.11. The smallest absolute Gasteiger partial charge is 0.231 e. The Morgan fingerprint density at radius 2 is 1.93 bits per heavy atom. The van der Waals surface area contributed by atoms with E-state index in [2.05, 4.69) is 0 Å². The first-order valence-electron chi connectivity index (χ1n) is 4.52. The first-order valence-corrected chi connectivity index (χ1v) is 4.89. The summed E-state index contributed by atoms with van der Waals surface area (Å²) in [6.07, 6.45) is 1.56. The highest BCUT2D eigenvalue weighted by Gasteiger charge is 2.46. The third-order valence-electron chi connectivity index (χ3n) is 2.70. The summed E-state index contributed by atoms with van der Waals surface area (Å²) in [6.45, 7) is 0.183. The van der Waals surface area contributed by atoms with Crippen molar-refractivity contribution in [2.24, 2.45) is 0 Å². The van der Waals surface area contributed by atoms with Crippen LogP contribution in [0.15, 0.2) is 12.1 Å². The highest BCUT2D eigenvalue weighted by Crippen LogP contribution is 2.53. The Morgan fingerprint density at radius 3 is 2.64 bits per heavy atom. The van der Waals surface area contributed by atoms with Gasteiger partial charge in [-0.1, -0.05) is 17.7 Å². The molecule has 1 N–H and O–H groups in total. The predicted octanol–water partition coefficient (Wildman–Crippen LogP) is 2.05. The second-order valence-corrected chi connectivity index (χ2v) is 4.10. The fraction of sp³-hybridized carbons (Fsp3) is 0.400. The number of aliphatic hydroxyl groups is 1. The van der Waals surface area contributed by atoms with Gasteiger partial charge in [0, 0.05) is 5.56 Å². The van der Waals surface area contributed by atoms with Crippen LogP contribution in [0.5, 0.6) is 11.5 Å². The Labute approximate surface area is 86.2 Å². The molecule has 1 aromatic rings. The Hall–Kier alpha value is -0.930. The third-order valence-corrected chi connectivity index (χ3v) is 2.99. The molecule has 74 valence electrons. The van der Waals surface area contributed by atoms with Gasteiger partial charge in [-0.25, -0.2) is 0 Å². The van der Waals surface area contributed by atoms with Crippen LogP contribution in [0.4, 0.5) is 0 Å². The summed E-state index contributed by atoms with van der Waals surface area (Å²) in [6, 6.07) is 3.55. The summed E-state index contributed by atoms with van der Waals surface area (Å²) in [5, 5.41) is 10.5. The Morgan fingerprint density at radius 1 is 1.21 bits per heavy atom. The van der Waals surface area contributed by atoms with Crippen LogP contribution in [0, 0.1) is 0 Å². The molecule has 2 aliphatic rings. The van der Waals surface area contributed by atoms with E-state index in [1.165, 1.54) is 0 Å². The maximum Gasteiger partial charge on any atom is 0.231 e. The monoisotopic (exact) mass is 212 g/mol. The van der Waals surface area contributed by atoms with Gasteiger partial charge in [0.2, 0.25) is 6.79 Å². The molecule has 3 rings (SSSR count). The molecule has 0 spiro atoms. The molecule has 14 heavy (non-hydrogen) atoms. The lowest BCUT2D eigenvalue weighted by atomic mass is 10.1. The van der Waals surface area contributed by atoms with Crippen molar-refractivity contribution in [2.45, 2.75) is 18.4 Å². The number of halogens is 1. The van der Waals surface area contributed by atoms with Crippen molar-refractivity contribution in [3.05, 3.63) is 22.7 Å². The van der Waals surface area contributed by atoms with Crippen molar-refractivity contribution in [1.29, 1.82) is 0 Å². The fourth-order valence-electron chi connectivity index (χ4n) is 1.72. The van der Waals surface area contributed by atoms with Crippen molar-refractivity contribution in [1.82, 2.24) is 0 Å². The quantitative estimate of drug-likeness (QED) is 0.775. The van der Waals surface area contributed by atoms with Crippen molar-refractivity contribution >= 4 is 11.6 Å². The van der Waals surface area contributed by atoms with Gasteiger partial charge in [-0.05, 0) is 18.9 Å². The maximum absolute atomic E-state index is 9.98. The number of hydrogen-bond acceptors (Lipinski definition) is 3. The predicted molar refractivity (Wildman–Crippen MR) is 50.7 cm³/mol. The fourth-order valence-corrected chi connectivity index (χ4v) is 1.92. The number of ether oxygens (including phenoxy) is 2. The summed E-state index contributed by atoms with van der Waals surface area (Å²) in [5.74, 6) is 1.17. The number of rotatable bonds is 1. The zero-order valence-corrected chi connectivity index (χ0v) is 8.17. The highest BCUT2D eigenvalue weighted by atomic mass is 35.5. The molecule has 0 atom stereocenters. The summed E-state index contributed by atoms with van der Waals surface area (Å²) in [7, 11) is 0. The van der Waals surface area contributed by atoms with E-state index in [9.17, 15) is 5.11 Å². The highest BCUT2D eigenvalue weighted by molar-refractivity contribution is 6.32. The Bertz CT molecular complexity index is 399. The van der Waals surface area contributed by atoms with Gasteiger partial charge < -0.3 is 14.6 Å². The molecule has 0 unspecified atom stereocenters. The topological polar surface area (TPSA) is 38.7 Å². The molecule has 3 nitrogen and oxygen atoms in total. The van der Waals surface area contributed by atoms with E-state index in [1.54, 1.807) is 6.07 Å². The summed E-state index contributed by atoms with van der Waals surface area (Å²) in [5.41, 5.74) is 0.0944. The largest absolute Gasteiger partial charge is 0.453 e. The van der Waals surface area contributed by atoms with Gasteiger partial charge in [0.1, 0.15) is 0 Å². The van der Waals surface area contributed by atoms with E-state index in [-0.39, 0.29) is 6.79 Å². The van der Waals surface area contributed by atoms with Crippen LogP contribution in [0.2, 0.25) is 5.02 Å². The first-order chi connectivity index (χ1) is 6.71. The third kappa shape index (κ3) is 1.03. The lowest BCUT2D eigenvalue weighted by molar-refractivity contribution is 0.140. The van der Waals surface area contributed by atoms with Gasteiger partial charge >= 0.3 is 0 Å². The molecule has 0 radical (unpaired) electrons. The van der Waals surface area contributed by atoms with E-state index in [0.29, 0.717) is 16.5 Å². The molecule has 1 fully saturated rings. The van der Waals surface area contributed by atoms with Gasteiger partial charge in [-0.3, -0.25) is 0 Å². The van der Waals surface area contributed by atoms with Crippen LogP contribution in [-0.2, 0) is 5.60 Å². The van der Waals surface area contributed by atoms with Gasteiger partial charge in [0.25, 0.3) is 0 Å². The van der Waals surface area contributed by atoms with Crippen LogP contribution in [-0.4, -0.2) is 11.9 Å². The molecule has 0 aromatic heterocycles. The van der Waals surface area contributed by atoms with Crippen molar-refractivity contribution in [3.63, 3.8) is 0 Å². The molecule has 0 amide bonds. The SMILES string of the molecule is OC1(c2ccc(Cl)c3c2OCO3)CC1. The molecule has 1 heterocycles. The van der Waals surface area contributed by atoms with Crippen molar-refractivity contribution < 1.29 is 14.6 Å². The lowest BCUT2D eigenvalue weighted by Crippen LogP contribution is -2.05. The zero-order chi connectivity index (χ0) is 9.76. The van der Waals surface area contributed by atoms with Gasteiger partial charge in [0.15, 0.2) is 11.5 Å². The average molecular weight is 213 g/mol. The van der Waals surface area contributed by atoms with Crippen LogP contribution in [0.25, 0.3) is 0 Å². The van der Waals surface area contributed by atoms with Crippen LogP contribution >= 0.6 is 11.6 Å². The van der Waals surface area contributed by atoms with E-state index in [4.69, 9.17) is 21.1 Å². The molecule has 4 heteroatoms. The molecule has 1 aromatic carbocycles. The number of fused-ring (bicyclic) bond motifs is 1. The van der Waals surface area contributed by atoms with Crippen LogP contribution in [0.3, 0.4) is 0 Å². The molecule has 1 saturated carbocycles. The Kier molecular flexibility index (Phi) is 1.53. The molecule has 0 bridgehead atoms. The minimum absolute atomic E-state index is 0.183. The van der Waals surface area contributed by atoms with Gasteiger partial charge in [-0.2, -0.15) is 0 Å². The van der Waals surface area contributed by atoms with Crippen LogP contribution < -0.4 is 9.47 Å². The molecule has 1 aliphatic heterocycles. The number of hydrogen-bond donors (Lipinski definition) is 1. The van der Waals surface area contributed by atoms with E-state index >= 15 is 0 Å². The second-order valence-electron chi connectivity index (χ2n) is 3.69. The first kappa shape index (κ1) is 8.38. The molecular weight excluding hydrogens is 204 g/mol. The standard InChI is InChI=1S/C10H9ClO3/c11-7-2-1-6(10(12)3-4-10)8-9(7)14-5-13-8/h1-2,12H,3-5H2. The van der Waals surface area contributed by atoms with Crippen molar-refractivity contribution in [3.8, 4) is 11.5 Å². The molecular formula is C10H9ClO3.